The highest BCUT2D eigenvalue weighted by Crippen LogP contribution is 2.31. The molecule has 8 nitrogen and oxygen atoms in total. The van der Waals surface area contributed by atoms with Gasteiger partial charge in [-0.1, -0.05) is 23.4 Å². The van der Waals surface area contributed by atoms with Crippen molar-refractivity contribution >= 4 is 16.9 Å². The van der Waals surface area contributed by atoms with Crippen molar-refractivity contribution < 1.29 is 23.2 Å². The molecule has 8 heteroatoms. The molecule has 4 rings (SSSR count). The second-order valence-corrected chi connectivity index (χ2v) is 5.91. The quantitative estimate of drug-likeness (QED) is 0.548. The molecule has 1 amide bonds. The number of aromatic nitrogens is 2. The van der Waals surface area contributed by atoms with Gasteiger partial charge in [-0.15, -0.1) is 0 Å². The van der Waals surface area contributed by atoms with Gasteiger partial charge >= 0.3 is 0 Å². The molecule has 4 aromatic rings. The summed E-state index contributed by atoms with van der Waals surface area (Å²) in [6, 6.07) is 14.4. The number of hydrogen-bond donors (Lipinski definition) is 1. The molecule has 0 aliphatic rings. The summed E-state index contributed by atoms with van der Waals surface area (Å²) < 4.78 is 21.3. The average Bonchev–Trinajstić information content (AvgIpc) is 3.38. The van der Waals surface area contributed by atoms with E-state index in [9.17, 15) is 4.79 Å². The number of ether oxygens (including phenoxy) is 2. The smallest absolute Gasteiger partial charge is 0.287 e. The highest BCUT2D eigenvalue weighted by molar-refractivity contribution is 5.95. The standard InChI is InChI=1S/C20H17N3O5/c1-25-13-7-8-14(16(10-13)26-2)19-22-18(28-23-19)11-21-20(24)17-9-12-5-3-4-6-15(12)27-17/h3-10H,11H2,1-2H3,(H,21,24). The van der Waals surface area contributed by atoms with E-state index in [1.165, 1.54) is 0 Å². The fraction of sp³-hybridized carbons (Fsp3) is 0.150. The van der Waals surface area contributed by atoms with E-state index in [4.69, 9.17) is 18.4 Å². The van der Waals surface area contributed by atoms with Gasteiger partial charge in [-0.05, 0) is 24.3 Å². The van der Waals surface area contributed by atoms with Crippen LogP contribution < -0.4 is 14.8 Å². The number of methoxy groups -OCH3 is 2. The van der Waals surface area contributed by atoms with Gasteiger partial charge in [0, 0.05) is 11.5 Å². The van der Waals surface area contributed by atoms with Crippen molar-refractivity contribution in [2.45, 2.75) is 6.54 Å². The number of furan rings is 1. The van der Waals surface area contributed by atoms with Crippen molar-refractivity contribution in [2.24, 2.45) is 0 Å². The Morgan fingerprint density at radius 1 is 1.11 bits per heavy atom. The zero-order valence-electron chi connectivity index (χ0n) is 15.3. The monoisotopic (exact) mass is 379 g/mol. The van der Waals surface area contributed by atoms with Gasteiger partial charge in [0.05, 0.1) is 26.3 Å². The lowest BCUT2D eigenvalue weighted by Crippen LogP contribution is -2.22. The van der Waals surface area contributed by atoms with Crippen LogP contribution in [0.1, 0.15) is 16.4 Å². The van der Waals surface area contributed by atoms with Gasteiger partial charge in [-0.2, -0.15) is 4.98 Å². The third-order valence-electron chi connectivity index (χ3n) is 4.17. The van der Waals surface area contributed by atoms with Gasteiger partial charge in [0.2, 0.25) is 11.7 Å². The Morgan fingerprint density at radius 3 is 2.75 bits per heavy atom. The fourth-order valence-electron chi connectivity index (χ4n) is 2.76. The molecular formula is C20H17N3O5. The van der Waals surface area contributed by atoms with Crippen molar-refractivity contribution in [3.8, 4) is 22.9 Å². The minimum absolute atomic E-state index is 0.0708. The maximum Gasteiger partial charge on any atom is 0.287 e. The van der Waals surface area contributed by atoms with Crippen LogP contribution in [0, 0.1) is 0 Å². The number of benzene rings is 2. The van der Waals surface area contributed by atoms with Crippen molar-refractivity contribution in [3.05, 3.63) is 60.2 Å². The maximum atomic E-state index is 12.3. The van der Waals surface area contributed by atoms with E-state index in [0.717, 1.165) is 5.39 Å². The predicted octanol–water partition coefficient (Wildman–Crippen LogP) is 3.43. The van der Waals surface area contributed by atoms with E-state index in [2.05, 4.69) is 15.5 Å². The molecule has 2 aromatic heterocycles. The number of carbonyl (C=O) groups excluding carboxylic acids is 1. The molecular weight excluding hydrogens is 362 g/mol. The van der Waals surface area contributed by atoms with E-state index < -0.39 is 0 Å². The number of carbonyl (C=O) groups is 1. The summed E-state index contributed by atoms with van der Waals surface area (Å²) in [7, 11) is 3.12. The van der Waals surface area contributed by atoms with Crippen LogP contribution in [0.2, 0.25) is 0 Å². The summed E-state index contributed by atoms with van der Waals surface area (Å²) in [5, 5.41) is 7.52. The number of amides is 1. The van der Waals surface area contributed by atoms with Gasteiger partial charge in [-0.3, -0.25) is 4.79 Å². The molecule has 0 bridgehead atoms. The number of nitrogens with one attached hydrogen (secondary N) is 1. The Balaban J connectivity index is 1.47. The third-order valence-corrected chi connectivity index (χ3v) is 4.17. The molecule has 0 spiro atoms. The lowest BCUT2D eigenvalue weighted by Gasteiger charge is -2.07. The Kier molecular flexibility index (Phi) is 4.67. The van der Waals surface area contributed by atoms with E-state index in [1.54, 1.807) is 44.6 Å². The summed E-state index contributed by atoms with van der Waals surface area (Å²) in [5.41, 5.74) is 1.31. The molecule has 0 fully saturated rings. The van der Waals surface area contributed by atoms with E-state index in [-0.39, 0.29) is 24.1 Å². The number of nitrogens with zero attached hydrogens (tertiary/aromatic N) is 2. The third kappa shape index (κ3) is 3.39. The number of para-hydroxylation sites is 1. The molecule has 0 aliphatic carbocycles. The normalized spacial score (nSPS) is 10.8. The molecule has 28 heavy (non-hydrogen) atoms. The SMILES string of the molecule is COc1ccc(-c2noc(CNC(=O)c3cc4ccccc4o3)n2)c(OC)c1. The number of rotatable bonds is 6. The van der Waals surface area contributed by atoms with Gasteiger partial charge < -0.3 is 23.7 Å². The first-order valence-electron chi connectivity index (χ1n) is 8.49. The molecule has 0 saturated carbocycles. The van der Waals surface area contributed by atoms with Crippen molar-refractivity contribution in [1.82, 2.24) is 15.5 Å². The first-order valence-corrected chi connectivity index (χ1v) is 8.49. The zero-order chi connectivity index (χ0) is 19.5. The second kappa shape index (κ2) is 7.43. The van der Waals surface area contributed by atoms with Crippen LogP contribution in [-0.2, 0) is 6.54 Å². The lowest BCUT2D eigenvalue weighted by atomic mass is 10.2. The molecule has 2 heterocycles. The molecule has 0 radical (unpaired) electrons. The molecule has 142 valence electrons. The minimum atomic E-state index is -0.363. The summed E-state index contributed by atoms with van der Waals surface area (Å²) in [5.74, 6) is 1.68. The first kappa shape index (κ1) is 17.6. The first-order chi connectivity index (χ1) is 13.7. The second-order valence-electron chi connectivity index (χ2n) is 5.91. The van der Waals surface area contributed by atoms with Crippen molar-refractivity contribution in [2.75, 3.05) is 14.2 Å². The number of fused-ring (bicyclic) bond motifs is 1. The van der Waals surface area contributed by atoms with Gasteiger partial charge in [0.1, 0.15) is 17.1 Å². The van der Waals surface area contributed by atoms with E-state index in [1.807, 2.05) is 18.2 Å². The minimum Gasteiger partial charge on any atom is -0.497 e. The molecule has 0 saturated heterocycles. The Bertz CT molecular complexity index is 1100. The predicted molar refractivity (Wildman–Crippen MR) is 100 cm³/mol. The highest BCUT2D eigenvalue weighted by Gasteiger charge is 2.16. The summed E-state index contributed by atoms with van der Waals surface area (Å²) >= 11 is 0. The van der Waals surface area contributed by atoms with Gasteiger partial charge in [-0.25, -0.2) is 0 Å². The summed E-state index contributed by atoms with van der Waals surface area (Å²) in [6.45, 7) is 0.0708. The van der Waals surface area contributed by atoms with Crippen LogP contribution in [0.15, 0.2) is 57.5 Å². The van der Waals surface area contributed by atoms with E-state index in [0.29, 0.717) is 28.5 Å². The van der Waals surface area contributed by atoms with Crippen LogP contribution in [0.5, 0.6) is 11.5 Å². The topological polar surface area (TPSA) is 99.6 Å². The fourth-order valence-corrected chi connectivity index (χ4v) is 2.76. The van der Waals surface area contributed by atoms with Crippen molar-refractivity contribution in [3.63, 3.8) is 0 Å². The molecule has 0 atom stereocenters. The number of hydrogen-bond acceptors (Lipinski definition) is 7. The zero-order valence-corrected chi connectivity index (χ0v) is 15.3. The van der Waals surface area contributed by atoms with Crippen LogP contribution in [-0.4, -0.2) is 30.3 Å². The molecule has 1 N–H and O–H groups in total. The Hall–Kier alpha value is -3.81. The highest BCUT2D eigenvalue weighted by atomic mass is 16.5. The van der Waals surface area contributed by atoms with Crippen LogP contribution in [0.3, 0.4) is 0 Å². The summed E-state index contributed by atoms with van der Waals surface area (Å²) in [4.78, 5) is 16.6. The Morgan fingerprint density at radius 2 is 1.96 bits per heavy atom. The Labute approximate surface area is 160 Å². The van der Waals surface area contributed by atoms with Gasteiger partial charge in [0.15, 0.2) is 5.76 Å². The molecule has 2 aromatic carbocycles. The van der Waals surface area contributed by atoms with Crippen LogP contribution in [0.25, 0.3) is 22.4 Å². The van der Waals surface area contributed by atoms with Crippen LogP contribution >= 0.6 is 0 Å². The molecule has 0 unspecified atom stereocenters. The van der Waals surface area contributed by atoms with Crippen molar-refractivity contribution in [1.29, 1.82) is 0 Å². The molecule has 0 aliphatic heterocycles. The largest absolute Gasteiger partial charge is 0.497 e. The average molecular weight is 379 g/mol. The lowest BCUT2D eigenvalue weighted by molar-refractivity contribution is 0.0920. The maximum absolute atomic E-state index is 12.3. The van der Waals surface area contributed by atoms with Crippen LogP contribution in [0.4, 0.5) is 0 Å². The summed E-state index contributed by atoms with van der Waals surface area (Å²) in [6.07, 6.45) is 0. The van der Waals surface area contributed by atoms with E-state index >= 15 is 0 Å². The van der Waals surface area contributed by atoms with Gasteiger partial charge in [0.25, 0.3) is 5.91 Å².